The first-order valence-corrected chi connectivity index (χ1v) is 6.06. The second-order valence-corrected chi connectivity index (χ2v) is 4.35. The molecule has 1 rings (SSSR count). The molecule has 0 heterocycles. The van der Waals surface area contributed by atoms with Crippen LogP contribution in [0.3, 0.4) is 0 Å². The SMILES string of the molecule is CCCC(CNc1ccc(C#N)c(C)c1)C(=O)O. The molecule has 0 aliphatic heterocycles. The van der Waals surface area contributed by atoms with Gasteiger partial charge < -0.3 is 10.4 Å². The Morgan fingerprint density at radius 1 is 1.56 bits per heavy atom. The van der Waals surface area contributed by atoms with Crippen molar-refractivity contribution >= 4 is 11.7 Å². The molecule has 1 aromatic carbocycles. The van der Waals surface area contributed by atoms with Gasteiger partial charge in [-0.2, -0.15) is 5.26 Å². The van der Waals surface area contributed by atoms with E-state index in [4.69, 9.17) is 10.4 Å². The average Bonchev–Trinajstić information content (AvgIpc) is 2.34. The maximum atomic E-state index is 11.0. The number of carboxylic acid groups (broad SMARTS) is 1. The van der Waals surface area contributed by atoms with E-state index in [1.807, 2.05) is 19.9 Å². The van der Waals surface area contributed by atoms with Gasteiger partial charge in [-0.1, -0.05) is 13.3 Å². The van der Waals surface area contributed by atoms with Crippen LogP contribution in [0.4, 0.5) is 5.69 Å². The van der Waals surface area contributed by atoms with E-state index in [1.54, 1.807) is 12.1 Å². The van der Waals surface area contributed by atoms with Crippen LogP contribution < -0.4 is 5.32 Å². The Labute approximate surface area is 107 Å². The standard InChI is InChI=1S/C14H18N2O2/c1-3-4-12(14(17)18)9-16-13-6-5-11(8-15)10(2)7-13/h5-7,12,16H,3-4,9H2,1-2H3,(H,17,18). The number of benzene rings is 1. The van der Waals surface area contributed by atoms with Crippen LogP contribution in [-0.2, 0) is 4.79 Å². The molecular weight excluding hydrogens is 228 g/mol. The number of aliphatic carboxylic acids is 1. The Kier molecular flexibility index (Phi) is 5.19. The Morgan fingerprint density at radius 2 is 2.28 bits per heavy atom. The van der Waals surface area contributed by atoms with E-state index in [0.717, 1.165) is 17.7 Å². The summed E-state index contributed by atoms with van der Waals surface area (Å²) < 4.78 is 0. The highest BCUT2D eigenvalue weighted by molar-refractivity contribution is 5.70. The molecule has 96 valence electrons. The van der Waals surface area contributed by atoms with Gasteiger partial charge >= 0.3 is 5.97 Å². The molecule has 1 atom stereocenters. The number of nitriles is 1. The summed E-state index contributed by atoms with van der Waals surface area (Å²) in [6, 6.07) is 7.51. The molecule has 18 heavy (non-hydrogen) atoms. The first-order valence-electron chi connectivity index (χ1n) is 6.06. The highest BCUT2D eigenvalue weighted by Crippen LogP contribution is 2.16. The van der Waals surface area contributed by atoms with Crippen LogP contribution in [0.15, 0.2) is 18.2 Å². The van der Waals surface area contributed by atoms with Crippen molar-refractivity contribution in [2.45, 2.75) is 26.7 Å². The van der Waals surface area contributed by atoms with Crippen LogP contribution in [-0.4, -0.2) is 17.6 Å². The van der Waals surface area contributed by atoms with E-state index in [0.29, 0.717) is 18.5 Å². The quantitative estimate of drug-likeness (QED) is 0.809. The first-order chi connectivity index (χ1) is 8.58. The molecule has 4 nitrogen and oxygen atoms in total. The van der Waals surface area contributed by atoms with Crippen LogP contribution in [0, 0.1) is 24.2 Å². The number of nitrogens with one attached hydrogen (secondary N) is 1. The topological polar surface area (TPSA) is 73.1 Å². The van der Waals surface area contributed by atoms with Gasteiger partial charge in [-0.05, 0) is 37.1 Å². The maximum absolute atomic E-state index is 11.0. The molecule has 0 radical (unpaired) electrons. The number of rotatable bonds is 6. The summed E-state index contributed by atoms with van der Waals surface area (Å²) in [5, 5.41) is 21.0. The van der Waals surface area contributed by atoms with Crippen molar-refractivity contribution in [2.24, 2.45) is 5.92 Å². The summed E-state index contributed by atoms with van der Waals surface area (Å²) in [5.41, 5.74) is 2.39. The molecule has 0 saturated carbocycles. The van der Waals surface area contributed by atoms with Gasteiger partial charge in [0.25, 0.3) is 0 Å². The fraction of sp³-hybridized carbons (Fsp3) is 0.429. The van der Waals surface area contributed by atoms with E-state index >= 15 is 0 Å². The molecule has 1 unspecified atom stereocenters. The molecule has 2 N–H and O–H groups in total. The van der Waals surface area contributed by atoms with Gasteiger partial charge in [-0.15, -0.1) is 0 Å². The predicted octanol–water partition coefficient (Wildman–Crippen LogP) is 2.78. The van der Waals surface area contributed by atoms with Crippen molar-refractivity contribution in [3.63, 3.8) is 0 Å². The van der Waals surface area contributed by atoms with Crippen molar-refractivity contribution in [1.82, 2.24) is 0 Å². The van der Waals surface area contributed by atoms with E-state index in [-0.39, 0.29) is 5.92 Å². The summed E-state index contributed by atoms with van der Waals surface area (Å²) in [6.07, 6.45) is 1.52. The molecule has 1 aromatic rings. The molecule has 0 saturated heterocycles. The number of hydrogen-bond donors (Lipinski definition) is 2. The van der Waals surface area contributed by atoms with Crippen LogP contribution in [0.1, 0.15) is 30.9 Å². The summed E-state index contributed by atoms with van der Waals surface area (Å²) in [5.74, 6) is -1.14. The normalized spacial score (nSPS) is 11.6. The highest BCUT2D eigenvalue weighted by atomic mass is 16.4. The second kappa shape index (κ2) is 6.65. The van der Waals surface area contributed by atoms with E-state index in [9.17, 15) is 4.79 Å². The van der Waals surface area contributed by atoms with Gasteiger partial charge in [0.05, 0.1) is 17.6 Å². The molecular formula is C14H18N2O2. The molecule has 0 bridgehead atoms. The average molecular weight is 246 g/mol. The number of anilines is 1. The third-order valence-corrected chi connectivity index (χ3v) is 2.89. The number of nitrogens with zero attached hydrogens (tertiary/aromatic N) is 1. The molecule has 0 spiro atoms. The van der Waals surface area contributed by atoms with Crippen molar-refractivity contribution in [2.75, 3.05) is 11.9 Å². The molecule has 0 aromatic heterocycles. The minimum Gasteiger partial charge on any atom is -0.481 e. The maximum Gasteiger partial charge on any atom is 0.308 e. The summed E-state index contributed by atoms with van der Waals surface area (Å²) >= 11 is 0. The lowest BCUT2D eigenvalue weighted by Crippen LogP contribution is -2.22. The lowest BCUT2D eigenvalue weighted by Gasteiger charge is -2.13. The molecule has 4 heteroatoms. The van der Waals surface area contributed by atoms with E-state index in [1.165, 1.54) is 0 Å². The molecule has 0 amide bonds. The fourth-order valence-electron chi connectivity index (χ4n) is 1.80. The first kappa shape index (κ1) is 14.0. The van der Waals surface area contributed by atoms with Crippen LogP contribution in [0.2, 0.25) is 0 Å². The Bertz CT molecular complexity index is 463. The number of carbonyl (C=O) groups is 1. The Balaban J connectivity index is 2.65. The number of hydrogen-bond acceptors (Lipinski definition) is 3. The second-order valence-electron chi connectivity index (χ2n) is 4.35. The monoisotopic (exact) mass is 246 g/mol. The zero-order valence-electron chi connectivity index (χ0n) is 10.7. The van der Waals surface area contributed by atoms with Crippen molar-refractivity contribution in [3.8, 4) is 6.07 Å². The Morgan fingerprint density at radius 3 is 2.78 bits per heavy atom. The van der Waals surface area contributed by atoms with Gasteiger partial charge in [-0.25, -0.2) is 0 Å². The van der Waals surface area contributed by atoms with Crippen molar-refractivity contribution in [3.05, 3.63) is 29.3 Å². The summed E-state index contributed by atoms with van der Waals surface area (Å²) in [7, 11) is 0. The molecule has 0 aliphatic carbocycles. The summed E-state index contributed by atoms with van der Waals surface area (Å²) in [4.78, 5) is 11.0. The predicted molar refractivity (Wildman–Crippen MR) is 70.4 cm³/mol. The van der Waals surface area contributed by atoms with E-state index in [2.05, 4.69) is 11.4 Å². The lowest BCUT2D eigenvalue weighted by atomic mass is 10.0. The van der Waals surface area contributed by atoms with E-state index < -0.39 is 5.97 Å². The minimum atomic E-state index is -0.769. The van der Waals surface area contributed by atoms with Crippen LogP contribution in [0.25, 0.3) is 0 Å². The van der Waals surface area contributed by atoms with Crippen molar-refractivity contribution < 1.29 is 9.90 Å². The van der Waals surface area contributed by atoms with Gasteiger partial charge in [0.15, 0.2) is 0 Å². The van der Waals surface area contributed by atoms with Gasteiger partial charge in [0.2, 0.25) is 0 Å². The third-order valence-electron chi connectivity index (χ3n) is 2.89. The van der Waals surface area contributed by atoms with Gasteiger partial charge in [-0.3, -0.25) is 4.79 Å². The van der Waals surface area contributed by atoms with Crippen molar-refractivity contribution in [1.29, 1.82) is 5.26 Å². The molecule has 0 fully saturated rings. The molecule has 0 aliphatic rings. The fourth-order valence-corrected chi connectivity index (χ4v) is 1.80. The zero-order valence-corrected chi connectivity index (χ0v) is 10.7. The highest BCUT2D eigenvalue weighted by Gasteiger charge is 2.15. The minimum absolute atomic E-state index is 0.369. The van der Waals surface area contributed by atoms with Crippen LogP contribution >= 0.6 is 0 Å². The Hall–Kier alpha value is -2.02. The van der Waals surface area contributed by atoms with Crippen LogP contribution in [0.5, 0.6) is 0 Å². The zero-order chi connectivity index (χ0) is 13.5. The number of carboxylic acids is 1. The smallest absolute Gasteiger partial charge is 0.308 e. The largest absolute Gasteiger partial charge is 0.481 e. The lowest BCUT2D eigenvalue weighted by molar-refractivity contribution is -0.141. The summed E-state index contributed by atoms with van der Waals surface area (Å²) in [6.45, 7) is 4.25. The third kappa shape index (κ3) is 3.77. The van der Waals surface area contributed by atoms with Gasteiger partial charge in [0, 0.05) is 12.2 Å². The number of aryl methyl sites for hydroxylation is 1. The van der Waals surface area contributed by atoms with Gasteiger partial charge in [0.1, 0.15) is 0 Å².